The van der Waals surface area contributed by atoms with E-state index in [1.807, 2.05) is 0 Å². The van der Waals surface area contributed by atoms with E-state index < -0.39 is 0 Å². The summed E-state index contributed by atoms with van der Waals surface area (Å²) in [4.78, 5) is 0. The Kier molecular flexibility index (Phi) is 3.60. The minimum atomic E-state index is 0.661. The van der Waals surface area contributed by atoms with Crippen molar-refractivity contribution in [3.63, 3.8) is 0 Å². The van der Waals surface area contributed by atoms with E-state index in [1.165, 1.54) is 22.9 Å². The zero-order valence-corrected chi connectivity index (χ0v) is 9.76. The number of piperidine rings is 1. The highest BCUT2D eigenvalue weighted by Crippen LogP contribution is 2.16. The van der Waals surface area contributed by atoms with Crippen LogP contribution in [-0.2, 0) is 6.42 Å². The van der Waals surface area contributed by atoms with Gasteiger partial charge in [-0.1, -0.05) is 28.1 Å². The first-order chi connectivity index (χ1) is 6.84. The Morgan fingerprint density at radius 1 is 1.43 bits per heavy atom. The predicted octanol–water partition coefficient (Wildman–Crippen LogP) is 2.95. The third-order valence-electron chi connectivity index (χ3n) is 2.64. The number of rotatable bonds is 2. The summed E-state index contributed by atoms with van der Waals surface area (Å²) in [5.41, 5.74) is 1.42. The zero-order chi connectivity index (χ0) is 9.80. The lowest BCUT2D eigenvalue weighted by atomic mass is 9.98. The molecule has 1 saturated heterocycles. The summed E-state index contributed by atoms with van der Waals surface area (Å²) >= 11 is 3.50. The van der Waals surface area contributed by atoms with E-state index in [2.05, 4.69) is 51.9 Å². The molecule has 0 spiro atoms. The van der Waals surface area contributed by atoms with Crippen LogP contribution in [0.25, 0.3) is 0 Å². The van der Waals surface area contributed by atoms with Crippen LogP contribution in [0.15, 0.2) is 28.7 Å². The molecule has 1 aliphatic heterocycles. The molecule has 1 heterocycles. The summed E-state index contributed by atoms with van der Waals surface area (Å²) < 4.78 is 1.18. The van der Waals surface area contributed by atoms with Gasteiger partial charge in [-0.2, -0.15) is 0 Å². The molecule has 1 atom stereocenters. The Morgan fingerprint density at radius 3 is 3.07 bits per heavy atom. The van der Waals surface area contributed by atoms with Crippen LogP contribution in [0.3, 0.4) is 0 Å². The lowest BCUT2D eigenvalue weighted by Gasteiger charge is -2.23. The minimum absolute atomic E-state index is 0.661. The number of nitrogens with one attached hydrogen (secondary N) is 1. The van der Waals surface area contributed by atoms with Crippen molar-refractivity contribution in [1.82, 2.24) is 5.32 Å². The molecular weight excluding hydrogens is 238 g/mol. The first-order valence-corrected chi connectivity index (χ1v) is 5.93. The molecule has 2 heteroatoms. The second-order valence-corrected chi connectivity index (χ2v) is 4.72. The highest BCUT2D eigenvalue weighted by molar-refractivity contribution is 9.10. The molecule has 1 N–H and O–H groups in total. The van der Waals surface area contributed by atoms with Gasteiger partial charge < -0.3 is 5.32 Å². The summed E-state index contributed by atoms with van der Waals surface area (Å²) in [5, 5.41) is 3.52. The van der Waals surface area contributed by atoms with E-state index in [9.17, 15) is 0 Å². The monoisotopic (exact) mass is 252 g/mol. The van der Waals surface area contributed by atoms with Gasteiger partial charge in [0.05, 0.1) is 0 Å². The maximum absolute atomic E-state index is 3.52. The van der Waals surface area contributed by atoms with Crippen LogP contribution < -0.4 is 5.32 Å². The summed E-state index contributed by atoms with van der Waals surface area (Å²) in [6, 6.07) is 9.25. The molecule has 0 bridgehead atoms. The average molecular weight is 253 g/mol. The second-order valence-electron chi connectivity index (χ2n) is 3.81. The van der Waals surface area contributed by atoms with E-state index >= 15 is 0 Å². The van der Waals surface area contributed by atoms with Crippen LogP contribution in [0.1, 0.15) is 18.4 Å². The molecule has 1 nitrogen and oxygen atoms in total. The van der Waals surface area contributed by atoms with E-state index in [4.69, 9.17) is 0 Å². The molecule has 0 aliphatic carbocycles. The zero-order valence-electron chi connectivity index (χ0n) is 8.17. The van der Waals surface area contributed by atoms with Gasteiger partial charge in [0.25, 0.3) is 0 Å². The lowest BCUT2D eigenvalue weighted by molar-refractivity contribution is 0.449. The molecule has 2 rings (SSSR count). The topological polar surface area (TPSA) is 12.0 Å². The predicted molar refractivity (Wildman–Crippen MR) is 63.2 cm³/mol. The van der Waals surface area contributed by atoms with E-state index in [-0.39, 0.29) is 0 Å². The van der Waals surface area contributed by atoms with Gasteiger partial charge in [0.15, 0.2) is 0 Å². The van der Waals surface area contributed by atoms with Crippen molar-refractivity contribution in [3.8, 4) is 0 Å². The van der Waals surface area contributed by atoms with Crippen molar-refractivity contribution >= 4 is 15.9 Å². The number of hydrogen-bond acceptors (Lipinski definition) is 1. The van der Waals surface area contributed by atoms with Crippen molar-refractivity contribution in [3.05, 3.63) is 40.7 Å². The van der Waals surface area contributed by atoms with Crippen molar-refractivity contribution < 1.29 is 0 Å². The van der Waals surface area contributed by atoms with Gasteiger partial charge in [0, 0.05) is 10.5 Å². The maximum Gasteiger partial charge on any atom is 0.0178 e. The Morgan fingerprint density at radius 2 is 2.36 bits per heavy atom. The van der Waals surface area contributed by atoms with Crippen molar-refractivity contribution in [2.45, 2.75) is 25.3 Å². The Hall–Kier alpha value is -0.340. The highest BCUT2D eigenvalue weighted by Gasteiger charge is 2.12. The molecule has 1 unspecified atom stereocenters. The Bertz CT molecular complexity index is 292. The fourth-order valence-electron chi connectivity index (χ4n) is 1.90. The van der Waals surface area contributed by atoms with Gasteiger partial charge in [-0.25, -0.2) is 0 Å². The SMILES string of the molecule is Brc1cccc(CC2CC[CH]CN2)c1. The van der Waals surface area contributed by atoms with Gasteiger partial charge in [-0.3, -0.25) is 0 Å². The molecule has 0 saturated carbocycles. The van der Waals surface area contributed by atoms with Crippen LogP contribution in [-0.4, -0.2) is 12.6 Å². The Labute approximate surface area is 94.0 Å². The maximum atomic E-state index is 3.52. The van der Waals surface area contributed by atoms with Crippen molar-refractivity contribution in [2.24, 2.45) is 0 Å². The fraction of sp³-hybridized carbons (Fsp3) is 0.417. The minimum Gasteiger partial charge on any atom is -0.313 e. The van der Waals surface area contributed by atoms with E-state index in [0.717, 1.165) is 13.0 Å². The highest BCUT2D eigenvalue weighted by atomic mass is 79.9. The van der Waals surface area contributed by atoms with Crippen LogP contribution >= 0.6 is 15.9 Å². The molecular formula is C12H15BrN. The van der Waals surface area contributed by atoms with Gasteiger partial charge in [0.1, 0.15) is 0 Å². The van der Waals surface area contributed by atoms with Crippen LogP contribution in [0.5, 0.6) is 0 Å². The molecule has 1 aliphatic rings. The second kappa shape index (κ2) is 4.94. The lowest BCUT2D eigenvalue weighted by Crippen LogP contribution is -2.35. The van der Waals surface area contributed by atoms with Gasteiger partial charge >= 0.3 is 0 Å². The van der Waals surface area contributed by atoms with E-state index in [0.29, 0.717) is 6.04 Å². The number of halogens is 1. The molecule has 1 aromatic rings. The smallest absolute Gasteiger partial charge is 0.0178 e. The average Bonchev–Trinajstić information content (AvgIpc) is 2.19. The quantitative estimate of drug-likeness (QED) is 0.854. The molecule has 14 heavy (non-hydrogen) atoms. The summed E-state index contributed by atoms with van der Waals surface area (Å²) in [6.45, 7) is 1.07. The Balaban J connectivity index is 1.95. The number of hydrogen-bond donors (Lipinski definition) is 1. The molecule has 75 valence electrons. The molecule has 1 fully saturated rings. The van der Waals surface area contributed by atoms with Gasteiger partial charge in [0.2, 0.25) is 0 Å². The van der Waals surface area contributed by atoms with Crippen molar-refractivity contribution in [1.29, 1.82) is 0 Å². The summed E-state index contributed by atoms with van der Waals surface area (Å²) in [6.07, 6.45) is 5.99. The van der Waals surface area contributed by atoms with Crippen LogP contribution in [0.2, 0.25) is 0 Å². The third kappa shape index (κ3) is 2.82. The third-order valence-corrected chi connectivity index (χ3v) is 3.13. The van der Waals surface area contributed by atoms with E-state index in [1.54, 1.807) is 0 Å². The van der Waals surface area contributed by atoms with Crippen molar-refractivity contribution in [2.75, 3.05) is 6.54 Å². The summed E-state index contributed by atoms with van der Waals surface area (Å²) in [5.74, 6) is 0. The standard InChI is InChI=1S/C12H15BrN/c13-11-5-3-4-10(8-11)9-12-6-1-2-7-14-12/h2-5,8,12,14H,1,6-7,9H2. The van der Waals surface area contributed by atoms with Gasteiger partial charge in [-0.05, 0) is 49.9 Å². The fourth-order valence-corrected chi connectivity index (χ4v) is 2.34. The molecule has 1 aromatic carbocycles. The first-order valence-electron chi connectivity index (χ1n) is 5.14. The molecule has 0 aromatic heterocycles. The molecule has 1 radical (unpaired) electrons. The number of benzene rings is 1. The molecule has 0 amide bonds. The largest absolute Gasteiger partial charge is 0.313 e. The van der Waals surface area contributed by atoms with Crippen LogP contribution in [0, 0.1) is 6.42 Å². The van der Waals surface area contributed by atoms with Gasteiger partial charge in [-0.15, -0.1) is 0 Å². The first kappa shape index (κ1) is 10.2. The van der Waals surface area contributed by atoms with Crippen LogP contribution in [0.4, 0.5) is 0 Å². The summed E-state index contributed by atoms with van der Waals surface area (Å²) in [7, 11) is 0. The normalized spacial score (nSPS) is 22.2.